The molecule has 3 atom stereocenters. The van der Waals surface area contributed by atoms with Gasteiger partial charge in [-0.15, -0.1) is 16.6 Å². The van der Waals surface area contributed by atoms with Crippen molar-refractivity contribution in [3.05, 3.63) is 22.9 Å². The molecule has 3 aliphatic rings. The summed E-state index contributed by atoms with van der Waals surface area (Å²) in [6, 6.07) is -0.00381. The second-order valence-electron chi connectivity index (χ2n) is 15.0. The normalized spacial score (nSPS) is 23.3. The molecule has 1 N–H and O–H groups in total. The van der Waals surface area contributed by atoms with Gasteiger partial charge >= 0.3 is 0 Å². The van der Waals surface area contributed by atoms with Crippen LogP contribution in [0.4, 0.5) is 0 Å². The molecule has 0 fully saturated rings. The molecule has 8 heteroatoms. The summed E-state index contributed by atoms with van der Waals surface area (Å²) >= 11 is 0. The largest absolute Gasteiger partial charge is 0.403 e. The van der Waals surface area contributed by atoms with Crippen molar-refractivity contribution in [1.82, 2.24) is 4.90 Å². The van der Waals surface area contributed by atoms with E-state index in [1.165, 1.54) is 5.20 Å². The second-order valence-corrected chi connectivity index (χ2v) is 34.0. The Kier molecular flexibility index (Phi) is 9.91. The van der Waals surface area contributed by atoms with Crippen molar-refractivity contribution in [3.63, 3.8) is 0 Å². The fourth-order valence-electron chi connectivity index (χ4n) is 5.45. The van der Waals surface area contributed by atoms with Crippen LogP contribution in [0, 0.1) is 28.0 Å². The van der Waals surface area contributed by atoms with Crippen molar-refractivity contribution in [2.45, 2.75) is 116 Å². The highest BCUT2D eigenvalue weighted by Gasteiger charge is 2.54. The van der Waals surface area contributed by atoms with Gasteiger partial charge in [0.1, 0.15) is 27.7 Å². The molecule has 0 saturated heterocycles. The number of carbonyl (C=O) groups is 1. The molecule has 1 unspecified atom stereocenters. The number of nitrogens with zero attached hydrogens (tertiary/aromatic N) is 1. The molecule has 2 heterocycles. The minimum atomic E-state index is -2.59. The molecule has 0 aromatic heterocycles. The fourth-order valence-corrected chi connectivity index (χ4v) is 13.4. The van der Waals surface area contributed by atoms with Gasteiger partial charge in [-0.2, -0.15) is 0 Å². The summed E-state index contributed by atoms with van der Waals surface area (Å²) in [4.78, 5) is 16.2. The van der Waals surface area contributed by atoms with E-state index in [-0.39, 0.29) is 29.6 Å². The zero-order valence-corrected chi connectivity index (χ0v) is 30.6. The van der Waals surface area contributed by atoms with Gasteiger partial charge in [-0.25, -0.2) is 0 Å². The van der Waals surface area contributed by atoms with Crippen LogP contribution in [0.3, 0.4) is 0 Å². The summed E-state index contributed by atoms with van der Waals surface area (Å²) in [5, 5.41) is 13.0. The smallest absolute Gasteiger partial charge is 0.276 e. The van der Waals surface area contributed by atoms with E-state index in [1.54, 1.807) is 0 Å². The van der Waals surface area contributed by atoms with Gasteiger partial charge in [0.25, 0.3) is 8.32 Å². The Morgan fingerprint density at radius 3 is 1.95 bits per heavy atom. The summed E-state index contributed by atoms with van der Waals surface area (Å²) < 4.78 is 7.09. The van der Waals surface area contributed by atoms with Crippen LogP contribution in [-0.2, 0) is 9.22 Å². The average Bonchev–Trinajstić information content (AvgIpc) is 2.97. The van der Waals surface area contributed by atoms with Crippen molar-refractivity contribution in [3.8, 4) is 22.6 Å². The number of rotatable bonds is 7. The maximum atomic E-state index is 14.3. The fraction of sp³-hybridized carbons (Fsp3) is 0.700. The highest BCUT2D eigenvalue weighted by atomic mass is 28.4. The van der Waals surface area contributed by atoms with Gasteiger partial charge in [0.05, 0.1) is 20.7 Å². The number of hydrogen-bond acceptors (Lipinski definition) is 3. The molecular formula is C30H53NO3Si4. The third-order valence-corrected chi connectivity index (χ3v) is 16.5. The van der Waals surface area contributed by atoms with E-state index < -0.39 is 44.1 Å². The zero-order valence-electron chi connectivity index (χ0n) is 26.6. The summed E-state index contributed by atoms with van der Waals surface area (Å²) in [5.41, 5.74) is 11.0. The van der Waals surface area contributed by atoms with Crippen LogP contribution in [0.2, 0.25) is 70.0 Å². The van der Waals surface area contributed by atoms with Crippen LogP contribution in [0.25, 0.3) is 0 Å². The minimum absolute atomic E-state index is 0.00381. The number of hydrogen-bond donors (Lipinski definition) is 1. The molecule has 38 heavy (non-hydrogen) atoms. The first kappa shape index (κ1) is 33.1. The Labute approximate surface area is 237 Å². The molecule has 0 aromatic carbocycles. The standard InChI is InChI=1S/C30H53NO3Si4/c1-23(2)38(24(3)4,20-19-36(9,10)11)34-22-30-17-15-25(31(5)29(30)33)21-27(37(12,13)14)28(30)26(32)16-18-35(6,7)8/h15,17,23-26,32H,21-22H2,1-14H3/t25-,26?,30-/m0/s1. The van der Waals surface area contributed by atoms with Crippen molar-refractivity contribution in [2.75, 3.05) is 13.7 Å². The quantitative estimate of drug-likeness (QED) is 0.213. The maximum Gasteiger partial charge on any atom is 0.276 e. The SMILES string of the molecule is CC(C)[Si](C#C[Si](C)(C)C)(OC[C@@]12C=C[C@@H](CC([Si](C)(C)C)=C1C(O)C#C[Si](C)(C)C)N(C)C2=O)C(C)C. The minimum Gasteiger partial charge on any atom is -0.403 e. The van der Waals surface area contributed by atoms with Crippen LogP contribution in [0.1, 0.15) is 34.1 Å². The number of likely N-dealkylation sites (N-methyl/N-ethyl adjacent to an activating group) is 1. The summed E-state index contributed by atoms with van der Waals surface area (Å²) in [7, 11) is -5.97. The molecule has 2 bridgehead atoms. The van der Waals surface area contributed by atoms with Crippen molar-refractivity contribution >= 4 is 38.4 Å². The Balaban J connectivity index is 2.83. The van der Waals surface area contributed by atoms with E-state index in [1.807, 2.05) is 18.0 Å². The Bertz CT molecular complexity index is 1090. The molecule has 0 aromatic rings. The second kappa shape index (κ2) is 11.4. The van der Waals surface area contributed by atoms with Crippen LogP contribution in [0.5, 0.6) is 0 Å². The number of carbonyl (C=O) groups excluding carboxylic acids is 1. The van der Waals surface area contributed by atoms with E-state index in [0.717, 1.165) is 12.0 Å². The lowest BCUT2D eigenvalue weighted by Gasteiger charge is -2.43. The van der Waals surface area contributed by atoms with Gasteiger partial charge in [0.15, 0.2) is 0 Å². The van der Waals surface area contributed by atoms with E-state index in [2.05, 4.69) is 115 Å². The predicted molar refractivity (Wildman–Crippen MR) is 173 cm³/mol. The van der Waals surface area contributed by atoms with Crippen LogP contribution < -0.4 is 0 Å². The van der Waals surface area contributed by atoms with Crippen LogP contribution in [0.15, 0.2) is 22.9 Å². The Morgan fingerprint density at radius 1 is 0.974 bits per heavy atom. The Hall–Kier alpha value is -1.14. The lowest BCUT2D eigenvalue weighted by atomic mass is 9.76. The van der Waals surface area contributed by atoms with E-state index >= 15 is 0 Å². The number of fused-ring (bicyclic) bond motifs is 2. The first-order valence-electron chi connectivity index (χ1n) is 14.2. The summed E-state index contributed by atoms with van der Waals surface area (Å²) in [6.45, 7) is 29.3. The number of aliphatic hydroxyl groups is 1. The van der Waals surface area contributed by atoms with E-state index in [9.17, 15) is 9.90 Å². The molecule has 1 aliphatic carbocycles. The molecule has 1 amide bonds. The molecule has 3 rings (SSSR count). The highest BCUT2D eigenvalue weighted by molar-refractivity contribution is 6.89. The van der Waals surface area contributed by atoms with Gasteiger partial charge in [-0.05, 0) is 23.1 Å². The van der Waals surface area contributed by atoms with E-state index in [0.29, 0.717) is 0 Å². The Morgan fingerprint density at radius 2 is 1.50 bits per heavy atom. The topological polar surface area (TPSA) is 49.8 Å². The lowest BCUT2D eigenvalue weighted by molar-refractivity contribution is -0.140. The predicted octanol–water partition coefficient (Wildman–Crippen LogP) is 6.39. The molecule has 4 nitrogen and oxygen atoms in total. The van der Waals surface area contributed by atoms with Gasteiger partial charge in [-0.1, -0.05) is 110 Å². The maximum absolute atomic E-state index is 14.3. The van der Waals surface area contributed by atoms with Crippen molar-refractivity contribution in [1.29, 1.82) is 0 Å². The van der Waals surface area contributed by atoms with Crippen molar-refractivity contribution in [2.24, 2.45) is 5.41 Å². The summed E-state index contributed by atoms with van der Waals surface area (Å²) in [5.74, 6) is 3.22. The van der Waals surface area contributed by atoms with Gasteiger partial charge < -0.3 is 14.4 Å². The third kappa shape index (κ3) is 7.13. The number of aliphatic hydroxyl groups excluding tert-OH is 1. The molecule has 2 aliphatic heterocycles. The highest BCUT2D eigenvalue weighted by Crippen LogP contribution is 2.48. The van der Waals surface area contributed by atoms with Crippen LogP contribution in [-0.4, -0.2) is 74.3 Å². The monoisotopic (exact) mass is 587 g/mol. The molecule has 0 radical (unpaired) electrons. The molecule has 0 spiro atoms. The number of amides is 1. The molecule has 0 saturated carbocycles. The molecule has 212 valence electrons. The molecular weight excluding hydrogens is 535 g/mol. The lowest BCUT2D eigenvalue weighted by Crippen LogP contribution is -2.54. The van der Waals surface area contributed by atoms with Gasteiger partial charge in [0, 0.05) is 7.05 Å². The van der Waals surface area contributed by atoms with Gasteiger partial charge in [0.2, 0.25) is 5.91 Å². The first-order chi connectivity index (χ1) is 17.1. The van der Waals surface area contributed by atoms with E-state index in [4.69, 9.17) is 4.43 Å². The zero-order chi connectivity index (χ0) is 29.5. The van der Waals surface area contributed by atoms with Crippen LogP contribution >= 0.6 is 0 Å². The average molecular weight is 588 g/mol. The summed E-state index contributed by atoms with van der Waals surface area (Å²) in [6.07, 6.45) is 3.98. The van der Waals surface area contributed by atoms with Gasteiger partial charge in [-0.3, -0.25) is 4.79 Å². The first-order valence-corrected chi connectivity index (χ1v) is 26.7. The third-order valence-electron chi connectivity index (χ3n) is 7.67. The van der Waals surface area contributed by atoms with Crippen molar-refractivity contribution < 1.29 is 14.3 Å².